The van der Waals surface area contributed by atoms with Crippen molar-refractivity contribution in [1.82, 2.24) is 9.13 Å². The van der Waals surface area contributed by atoms with Gasteiger partial charge in [0.1, 0.15) is 10.6 Å². The minimum atomic E-state index is -3.98. The number of nitrogens with zero attached hydrogens (tertiary/aromatic N) is 2. The van der Waals surface area contributed by atoms with Crippen molar-refractivity contribution in [3.05, 3.63) is 58.5 Å². The van der Waals surface area contributed by atoms with Crippen molar-refractivity contribution in [3.63, 3.8) is 0 Å². The molecule has 3 rings (SSSR count). The minimum Gasteiger partial charge on any atom is -0.379 e. The van der Waals surface area contributed by atoms with Crippen molar-refractivity contribution < 1.29 is 12.6 Å². The topological polar surface area (TPSA) is 70.3 Å². The molecular formula is C18H20N2O4S. The summed E-state index contributed by atoms with van der Waals surface area (Å²) in [6.45, 7) is 4.12. The van der Waals surface area contributed by atoms with Gasteiger partial charge in [-0.15, -0.1) is 0 Å². The Balaban J connectivity index is 1.98. The van der Waals surface area contributed by atoms with Gasteiger partial charge >= 0.3 is 15.8 Å². The van der Waals surface area contributed by atoms with Gasteiger partial charge in [0.15, 0.2) is 0 Å². The number of hydrogen-bond donors (Lipinski definition) is 0. The number of aromatic nitrogens is 2. The zero-order valence-corrected chi connectivity index (χ0v) is 15.4. The number of imidazole rings is 1. The van der Waals surface area contributed by atoms with Gasteiger partial charge in [0.25, 0.3) is 0 Å². The Morgan fingerprint density at radius 1 is 0.920 bits per heavy atom. The zero-order chi connectivity index (χ0) is 18.4. The molecule has 0 atom stereocenters. The molecule has 0 saturated heterocycles. The Bertz CT molecular complexity index is 1090. The Labute approximate surface area is 146 Å². The second-order valence-electron chi connectivity index (χ2n) is 6.31. The third kappa shape index (κ3) is 3.07. The molecule has 25 heavy (non-hydrogen) atoms. The second kappa shape index (κ2) is 6.07. The maximum atomic E-state index is 12.6. The lowest BCUT2D eigenvalue weighted by atomic mass is 10.0. The summed E-state index contributed by atoms with van der Waals surface area (Å²) in [5, 5.41) is 0. The molecule has 7 heteroatoms. The molecule has 0 aliphatic heterocycles. The summed E-state index contributed by atoms with van der Waals surface area (Å²) < 4.78 is 33.2. The van der Waals surface area contributed by atoms with E-state index in [-0.39, 0.29) is 16.3 Å². The van der Waals surface area contributed by atoms with Gasteiger partial charge in [0.2, 0.25) is 0 Å². The van der Waals surface area contributed by atoms with E-state index in [9.17, 15) is 13.2 Å². The molecule has 0 amide bonds. The Hall–Kier alpha value is -2.54. The van der Waals surface area contributed by atoms with Crippen LogP contribution in [-0.2, 0) is 24.2 Å². The molecule has 0 bridgehead atoms. The average Bonchev–Trinajstić information content (AvgIpc) is 2.79. The van der Waals surface area contributed by atoms with Crippen LogP contribution in [0.15, 0.2) is 52.2 Å². The van der Waals surface area contributed by atoms with Crippen LogP contribution in [0, 0.1) is 0 Å². The highest BCUT2D eigenvalue weighted by Gasteiger charge is 2.19. The lowest BCUT2D eigenvalue weighted by molar-refractivity contribution is 0.486. The van der Waals surface area contributed by atoms with E-state index in [0.717, 1.165) is 5.56 Å². The normalized spacial score (nSPS) is 12.0. The SMILES string of the molecule is CC(C)c1ccc(OS(=O)(=O)c2ccc3c(c2)n(C)c(=O)n3C)cc1. The van der Waals surface area contributed by atoms with Crippen LogP contribution >= 0.6 is 0 Å². The third-order valence-corrected chi connectivity index (χ3v) is 5.53. The first-order valence-electron chi connectivity index (χ1n) is 7.90. The lowest BCUT2D eigenvalue weighted by Crippen LogP contribution is -2.19. The lowest BCUT2D eigenvalue weighted by Gasteiger charge is -2.09. The number of aryl methyl sites for hydroxylation is 2. The van der Waals surface area contributed by atoms with Gasteiger partial charge in [0, 0.05) is 14.1 Å². The van der Waals surface area contributed by atoms with E-state index in [1.54, 1.807) is 32.3 Å². The zero-order valence-electron chi connectivity index (χ0n) is 14.6. The van der Waals surface area contributed by atoms with E-state index < -0.39 is 10.1 Å². The van der Waals surface area contributed by atoms with E-state index in [4.69, 9.17) is 4.18 Å². The standard InChI is InChI=1S/C18H20N2O4S/c1-12(2)13-5-7-14(8-6-13)24-25(22,23)15-9-10-16-17(11-15)20(4)18(21)19(16)3/h5-12H,1-4H3. The molecule has 3 aromatic rings. The highest BCUT2D eigenvalue weighted by atomic mass is 32.2. The highest BCUT2D eigenvalue weighted by molar-refractivity contribution is 7.87. The summed E-state index contributed by atoms with van der Waals surface area (Å²) >= 11 is 0. The summed E-state index contributed by atoms with van der Waals surface area (Å²) in [5.74, 6) is 0.610. The van der Waals surface area contributed by atoms with Crippen LogP contribution in [0.1, 0.15) is 25.3 Å². The molecule has 0 unspecified atom stereocenters. The summed E-state index contributed by atoms with van der Waals surface area (Å²) in [7, 11) is -0.735. The highest BCUT2D eigenvalue weighted by Crippen LogP contribution is 2.24. The van der Waals surface area contributed by atoms with Crippen molar-refractivity contribution in [2.24, 2.45) is 14.1 Å². The Kier molecular flexibility index (Phi) is 4.20. The predicted octanol–water partition coefficient (Wildman–Crippen LogP) is 2.77. The monoisotopic (exact) mass is 360 g/mol. The first kappa shape index (κ1) is 17.3. The Morgan fingerprint density at radius 2 is 1.52 bits per heavy atom. The molecule has 2 aromatic carbocycles. The molecule has 0 spiro atoms. The molecule has 1 aromatic heterocycles. The van der Waals surface area contributed by atoms with Crippen molar-refractivity contribution in [3.8, 4) is 5.75 Å². The van der Waals surface area contributed by atoms with Crippen molar-refractivity contribution in [2.45, 2.75) is 24.7 Å². The first-order chi connectivity index (χ1) is 11.7. The smallest absolute Gasteiger partial charge is 0.339 e. The van der Waals surface area contributed by atoms with Crippen LogP contribution in [-0.4, -0.2) is 17.6 Å². The maximum absolute atomic E-state index is 12.6. The first-order valence-corrected chi connectivity index (χ1v) is 9.31. The molecule has 0 aliphatic carbocycles. The Morgan fingerprint density at radius 3 is 2.12 bits per heavy atom. The van der Waals surface area contributed by atoms with E-state index in [1.807, 2.05) is 12.1 Å². The van der Waals surface area contributed by atoms with Crippen molar-refractivity contribution >= 4 is 21.2 Å². The molecular weight excluding hydrogens is 340 g/mol. The van der Waals surface area contributed by atoms with Crippen LogP contribution in [0.25, 0.3) is 11.0 Å². The summed E-state index contributed by atoms with van der Waals surface area (Å²) in [4.78, 5) is 12.0. The van der Waals surface area contributed by atoms with Gasteiger partial charge in [-0.2, -0.15) is 8.42 Å². The minimum absolute atomic E-state index is 0.00846. The van der Waals surface area contributed by atoms with Crippen molar-refractivity contribution in [2.75, 3.05) is 0 Å². The van der Waals surface area contributed by atoms with Gasteiger partial charge in [-0.1, -0.05) is 26.0 Å². The van der Waals surface area contributed by atoms with Gasteiger partial charge in [0.05, 0.1) is 11.0 Å². The molecule has 0 N–H and O–H groups in total. The predicted molar refractivity (Wildman–Crippen MR) is 96.5 cm³/mol. The third-order valence-electron chi connectivity index (χ3n) is 4.28. The molecule has 132 valence electrons. The number of hydrogen-bond acceptors (Lipinski definition) is 4. The van der Waals surface area contributed by atoms with Gasteiger partial charge in [-0.05, 0) is 41.8 Å². The number of rotatable bonds is 4. The maximum Gasteiger partial charge on any atom is 0.339 e. The fourth-order valence-corrected chi connectivity index (χ4v) is 3.68. The molecule has 6 nitrogen and oxygen atoms in total. The fourth-order valence-electron chi connectivity index (χ4n) is 2.73. The average molecular weight is 360 g/mol. The largest absolute Gasteiger partial charge is 0.379 e. The number of benzene rings is 2. The van der Waals surface area contributed by atoms with E-state index in [0.29, 0.717) is 17.0 Å². The second-order valence-corrected chi connectivity index (χ2v) is 7.86. The van der Waals surface area contributed by atoms with Gasteiger partial charge < -0.3 is 4.18 Å². The fraction of sp³-hybridized carbons (Fsp3) is 0.278. The van der Waals surface area contributed by atoms with E-state index in [2.05, 4.69) is 13.8 Å². The molecule has 0 fully saturated rings. The van der Waals surface area contributed by atoms with Crippen LogP contribution < -0.4 is 9.87 Å². The summed E-state index contributed by atoms with van der Waals surface area (Å²) in [5.41, 5.74) is 2.08. The van der Waals surface area contributed by atoms with E-state index in [1.165, 1.54) is 21.3 Å². The molecule has 0 saturated carbocycles. The summed E-state index contributed by atoms with van der Waals surface area (Å²) in [6.07, 6.45) is 0. The van der Waals surface area contributed by atoms with Crippen LogP contribution in [0.2, 0.25) is 0 Å². The van der Waals surface area contributed by atoms with Crippen molar-refractivity contribution in [1.29, 1.82) is 0 Å². The van der Waals surface area contributed by atoms with Crippen LogP contribution in [0.5, 0.6) is 5.75 Å². The molecule has 0 aliphatic rings. The number of fused-ring (bicyclic) bond motifs is 1. The van der Waals surface area contributed by atoms with E-state index >= 15 is 0 Å². The molecule has 1 heterocycles. The van der Waals surface area contributed by atoms with Gasteiger partial charge in [-0.25, -0.2) is 4.79 Å². The van der Waals surface area contributed by atoms with Crippen LogP contribution in [0.3, 0.4) is 0 Å². The summed E-state index contributed by atoms with van der Waals surface area (Å²) in [6, 6.07) is 11.5. The molecule has 0 radical (unpaired) electrons. The quantitative estimate of drug-likeness (QED) is 0.671. The van der Waals surface area contributed by atoms with Gasteiger partial charge in [-0.3, -0.25) is 9.13 Å². The van der Waals surface area contributed by atoms with Crippen LogP contribution in [0.4, 0.5) is 0 Å².